The minimum absolute atomic E-state index is 0.000179. The number of aryl methyl sites for hydroxylation is 1. The van der Waals surface area contributed by atoms with E-state index in [9.17, 15) is 19.8 Å². The number of piperidine rings is 1. The van der Waals surface area contributed by atoms with Crippen LogP contribution in [0.15, 0.2) is 54.6 Å². The van der Waals surface area contributed by atoms with Gasteiger partial charge in [0.2, 0.25) is 11.7 Å². The van der Waals surface area contributed by atoms with Crippen LogP contribution in [0.3, 0.4) is 0 Å². The van der Waals surface area contributed by atoms with Crippen LogP contribution in [0.2, 0.25) is 0 Å². The summed E-state index contributed by atoms with van der Waals surface area (Å²) in [5.41, 5.74) is 5.14. The number of amides is 2. The number of nitrogens with zero attached hydrogens (tertiary/aromatic N) is 6. The first-order chi connectivity index (χ1) is 23.6. The van der Waals surface area contributed by atoms with Crippen molar-refractivity contribution in [1.29, 1.82) is 0 Å². The van der Waals surface area contributed by atoms with Gasteiger partial charge in [0.15, 0.2) is 5.82 Å². The van der Waals surface area contributed by atoms with Gasteiger partial charge in [-0.1, -0.05) is 32.0 Å². The van der Waals surface area contributed by atoms with Gasteiger partial charge in [0.05, 0.1) is 5.56 Å². The van der Waals surface area contributed by atoms with Crippen molar-refractivity contribution in [1.82, 2.24) is 29.9 Å². The number of carbonyl (C=O) groups is 2. The molecule has 1 radical (unpaired) electrons. The van der Waals surface area contributed by atoms with E-state index in [1.54, 1.807) is 10.6 Å². The van der Waals surface area contributed by atoms with Crippen LogP contribution in [0.25, 0.3) is 17.1 Å². The molecule has 1 aromatic heterocycles. The average Bonchev–Trinajstić information content (AvgIpc) is 3.54. The highest BCUT2D eigenvalue weighted by atomic mass is 16.3. The molecule has 11 nitrogen and oxygen atoms in total. The summed E-state index contributed by atoms with van der Waals surface area (Å²) in [6.45, 7) is 13.9. The molecule has 257 valence electrons. The van der Waals surface area contributed by atoms with Crippen LogP contribution in [-0.2, 0) is 11.3 Å². The highest BCUT2D eigenvalue weighted by Gasteiger charge is 2.31. The first-order valence-corrected chi connectivity index (χ1v) is 17.3. The number of piperazine rings is 1. The maximum absolute atomic E-state index is 13.4. The zero-order valence-electron chi connectivity index (χ0n) is 28.8. The Morgan fingerprint density at radius 3 is 2.29 bits per heavy atom. The standard InChI is InChI=1S/C38H46N7O4/c1-5-39-37(48)36-41-40-35(32-22-31(25(2)3)33(46)23-34(32)47)45(36)29-11-9-27(10-12-29)24-42-15-13-28(14-16-42)38(49)44-19-17-43(18-20-44)30-8-6-7-26(4)21-30/h6,8-12,21-23,25,28,46-47H,5,13-20,24H2,1-4H3,(H,39,48). The van der Waals surface area contributed by atoms with Gasteiger partial charge in [-0.3, -0.25) is 19.1 Å². The van der Waals surface area contributed by atoms with E-state index in [1.807, 2.05) is 56.0 Å². The minimum Gasteiger partial charge on any atom is -0.508 e. The normalized spacial score (nSPS) is 15.9. The number of hydrogen-bond acceptors (Lipinski definition) is 8. The van der Waals surface area contributed by atoms with E-state index in [0.29, 0.717) is 29.2 Å². The first-order valence-electron chi connectivity index (χ1n) is 17.3. The second-order valence-electron chi connectivity index (χ2n) is 13.4. The number of phenolic OH excluding ortho intramolecular Hbond substituents is 2. The second-order valence-corrected chi connectivity index (χ2v) is 13.4. The number of carbonyl (C=O) groups excluding carboxylic acids is 2. The Morgan fingerprint density at radius 2 is 1.63 bits per heavy atom. The van der Waals surface area contributed by atoms with Crippen LogP contribution >= 0.6 is 0 Å². The molecule has 3 heterocycles. The topological polar surface area (TPSA) is 127 Å². The number of likely N-dealkylation sites (tertiary alicyclic amines) is 1. The molecular formula is C38H46N7O4. The Morgan fingerprint density at radius 1 is 0.918 bits per heavy atom. The maximum atomic E-state index is 13.4. The predicted octanol–water partition coefficient (Wildman–Crippen LogP) is 4.89. The number of rotatable bonds is 9. The van der Waals surface area contributed by atoms with Crippen LogP contribution in [0.1, 0.15) is 66.8 Å². The molecule has 0 atom stereocenters. The monoisotopic (exact) mass is 664 g/mol. The van der Waals surface area contributed by atoms with Gasteiger partial charge < -0.3 is 25.3 Å². The minimum atomic E-state index is -0.378. The molecule has 0 saturated carbocycles. The first kappa shape index (κ1) is 34.0. The van der Waals surface area contributed by atoms with Gasteiger partial charge in [-0.2, -0.15) is 0 Å². The van der Waals surface area contributed by atoms with Crippen molar-refractivity contribution in [3.63, 3.8) is 0 Å². The van der Waals surface area contributed by atoms with Crippen molar-refractivity contribution in [2.75, 3.05) is 50.7 Å². The Hall–Kier alpha value is -4.90. The fraction of sp³-hybridized carbons (Fsp3) is 0.421. The molecule has 2 amide bonds. The molecule has 0 aliphatic carbocycles. The van der Waals surface area contributed by atoms with Gasteiger partial charge in [-0.05, 0) is 98.8 Å². The van der Waals surface area contributed by atoms with Crippen molar-refractivity contribution in [3.05, 3.63) is 83.2 Å². The molecule has 4 aromatic rings. The molecule has 2 aliphatic heterocycles. The lowest BCUT2D eigenvalue weighted by Gasteiger charge is -2.39. The SMILES string of the molecule is CCNC(=O)c1nnc(-c2cc(C(C)C)c(O)cc2O)n1-c1ccc(CN2CCC(C(=O)N3CCN(c4cc[c]c(C)c4)CC3)CC2)cc1. The van der Waals surface area contributed by atoms with Crippen LogP contribution in [0.4, 0.5) is 5.69 Å². The molecule has 2 aliphatic rings. The Kier molecular flexibility index (Phi) is 10.2. The molecule has 0 bridgehead atoms. The lowest BCUT2D eigenvalue weighted by molar-refractivity contribution is -0.137. The molecule has 11 heteroatoms. The molecule has 6 rings (SSSR count). The van der Waals surface area contributed by atoms with E-state index < -0.39 is 0 Å². The van der Waals surface area contributed by atoms with Crippen LogP contribution in [0.5, 0.6) is 11.5 Å². The van der Waals surface area contributed by atoms with Crippen molar-refractivity contribution in [3.8, 4) is 28.6 Å². The van der Waals surface area contributed by atoms with Crippen molar-refractivity contribution >= 4 is 17.5 Å². The van der Waals surface area contributed by atoms with E-state index in [4.69, 9.17) is 0 Å². The van der Waals surface area contributed by atoms with Gasteiger partial charge in [-0.15, -0.1) is 10.2 Å². The van der Waals surface area contributed by atoms with Gasteiger partial charge in [0.1, 0.15) is 11.5 Å². The molecular weight excluding hydrogens is 618 g/mol. The summed E-state index contributed by atoms with van der Waals surface area (Å²) in [6.07, 6.45) is 1.69. The Balaban J connectivity index is 1.10. The zero-order valence-corrected chi connectivity index (χ0v) is 28.8. The molecule has 3 N–H and O–H groups in total. The number of aromatic hydroxyl groups is 2. The fourth-order valence-corrected chi connectivity index (χ4v) is 6.88. The van der Waals surface area contributed by atoms with Crippen molar-refractivity contribution in [2.45, 2.75) is 53.0 Å². The fourth-order valence-electron chi connectivity index (χ4n) is 6.88. The van der Waals surface area contributed by atoms with E-state index >= 15 is 0 Å². The smallest absolute Gasteiger partial charge is 0.289 e. The van der Waals surface area contributed by atoms with Crippen LogP contribution < -0.4 is 10.2 Å². The number of benzene rings is 3. The third-order valence-electron chi connectivity index (χ3n) is 9.63. The summed E-state index contributed by atoms with van der Waals surface area (Å²) in [5, 5.41) is 32.5. The summed E-state index contributed by atoms with van der Waals surface area (Å²) in [5.74, 6) is 0.220. The second kappa shape index (κ2) is 14.7. The summed E-state index contributed by atoms with van der Waals surface area (Å²) in [6, 6.07) is 20.3. The van der Waals surface area contributed by atoms with E-state index in [-0.39, 0.29) is 41.0 Å². The van der Waals surface area contributed by atoms with E-state index in [2.05, 4.69) is 50.4 Å². The van der Waals surface area contributed by atoms with Crippen LogP contribution in [-0.4, -0.2) is 92.4 Å². The number of hydrogen-bond donors (Lipinski definition) is 3. The van der Waals surface area contributed by atoms with Gasteiger partial charge in [0.25, 0.3) is 5.91 Å². The highest BCUT2D eigenvalue weighted by Crippen LogP contribution is 2.38. The summed E-state index contributed by atoms with van der Waals surface area (Å²) >= 11 is 0. The number of phenols is 2. The largest absolute Gasteiger partial charge is 0.508 e. The number of nitrogens with one attached hydrogen (secondary N) is 1. The predicted molar refractivity (Wildman–Crippen MR) is 189 cm³/mol. The quantitative estimate of drug-likeness (QED) is 0.231. The lowest BCUT2D eigenvalue weighted by atomic mass is 9.94. The molecule has 2 fully saturated rings. The van der Waals surface area contributed by atoms with Gasteiger partial charge in [0, 0.05) is 62.6 Å². The Labute approximate surface area is 288 Å². The van der Waals surface area contributed by atoms with E-state index in [0.717, 1.165) is 69.8 Å². The van der Waals surface area contributed by atoms with Gasteiger partial charge >= 0.3 is 0 Å². The molecule has 0 spiro atoms. The number of aromatic nitrogens is 3. The third kappa shape index (κ3) is 7.41. The molecule has 49 heavy (non-hydrogen) atoms. The van der Waals surface area contributed by atoms with E-state index in [1.165, 1.54) is 11.8 Å². The third-order valence-corrected chi connectivity index (χ3v) is 9.63. The highest BCUT2D eigenvalue weighted by molar-refractivity contribution is 5.92. The van der Waals surface area contributed by atoms with Crippen molar-refractivity contribution < 1.29 is 19.8 Å². The molecule has 2 saturated heterocycles. The van der Waals surface area contributed by atoms with Crippen molar-refractivity contribution in [2.24, 2.45) is 5.92 Å². The van der Waals surface area contributed by atoms with Gasteiger partial charge in [-0.25, -0.2) is 0 Å². The summed E-state index contributed by atoms with van der Waals surface area (Å²) < 4.78 is 1.64. The summed E-state index contributed by atoms with van der Waals surface area (Å²) in [7, 11) is 0. The number of anilines is 1. The average molecular weight is 665 g/mol. The Bertz CT molecular complexity index is 1790. The lowest BCUT2D eigenvalue weighted by Crippen LogP contribution is -2.51. The maximum Gasteiger partial charge on any atom is 0.289 e. The zero-order chi connectivity index (χ0) is 34.7. The molecule has 0 unspecified atom stereocenters. The summed E-state index contributed by atoms with van der Waals surface area (Å²) in [4.78, 5) is 33.2. The molecule has 3 aromatic carbocycles. The van der Waals surface area contributed by atoms with Crippen LogP contribution in [0, 0.1) is 18.9 Å².